The highest BCUT2D eigenvalue weighted by Crippen LogP contribution is 2.85. The summed E-state index contributed by atoms with van der Waals surface area (Å²) in [6.07, 6.45) is 7.86. The smallest absolute Gasteiger partial charge is 0.223 e. The molecule has 0 heterocycles. The molecule has 4 aliphatic carbocycles. The standard InChI is InChI=1S/C20H23NO/c1-2-15-13-8-18(17(21)22)11-19(14-6-4-3-5-7-14)10-16(15)20(19,9-13)12-18/h2-7,13,16H,8-12H2,1H3,(H2,21,22)/b15-2-. The summed E-state index contributed by atoms with van der Waals surface area (Å²) in [5.74, 6) is 1.26. The number of carbonyl (C=O) groups excluding carboxylic acids is 1. The van der Waals surface area contributed by atoms with Crippen LogP contribution in [0.4, 0.5) is 0 Å². The van der Waals surface area contributed by atoms with Gasteiger partial charge in [0.1, 0.15) is 0 Å². The van der Waals surface area contributed by atoms with Crippen LogP contribution in [0.3, 0.4) is 0 Å². The molecule has 1 aromatic carbocycles. The van der Waals surface area contributed by atoms with Gasteiger partial charge in [0.2, 0.25) is 5.91 Å². The Bertz CT molecular complexity index is 708. The zero-order chi connectivity index (χ0) is 15.2. The van der Waals surface area contributed by atoms with Crippen molar-refractivity contribution in [2.75, 3.05) is 0 Å². The molecule has 0 radical (unpaired) electrons. The number of rotatable bonds is 2. The van der Waals surface area contributed by atoms with Crippen LogP contribution in [0, 0.1) is 22.7 Å². The van der Waals surface area contributed by atoms with Gasteiger partial charge < -0.3 is 5.73 Å². The summed E-state index contributed by atoms with van der Waals surface area (Å²) in [5.41, 5.74) is 9.28. The first-order valence-corrected chi connectivity index (χ1v) is 8.59. The maximum atomic E-state index is 12.4. The summed E-state index contributed by atoms with van der Waals surface area (Å²) >= 11 is 0. The summed E-state index contributed by atoms with van der Waals surface area (Å²) in [5, 5.41) is 0. The highest BCUT2D eigenvalue weighted by atomic mass is 16.1. The number of carbonyl (C=O) groups is 1. The third kappa shape index (κ3) is 1.13. The Hall–Kier alpha value is -1.57. The van der Waals surface area contributed by atoms with Crippen LogP contribution in [0.15, 0.2) is 42.0 Å². The van der Waals surface area contributed by atoms with Gasteiger partial charge in [0.15, 0.2) is 0 Å². The van der Waals surface area contributed by atoms with Crippen LogP contribution in [0.1, 0.15) is 44.6 Å². The van der Waals surface area contributed by atoms with E-state index in [1.54, 1.807) is 5.57 Å². The third-order valence-corrected chi connectivity index (χ3v) is 7.77. The minimum Gasteiger partial charge on any atom is -0.369 e. The van der Waals surface area contributed by atoms with Crippen molar-refractivity contribution >= 4 is 5.91 Å². The van der Waals surface area contributed by atoms with E-state index < -0.39 is 0 Å². The number of hydrogen-bond donors (Lipinski definition) is 1. The van der Waals surface area contributed by atoms with Crippen molar-refractivity contribution in [3.05, 3.63) is 47.5 Å². The van der Waals surface area contributed by atoms with Gasteiger partial charge in [-0.2, -0.15) is 0 Å². The molecule has 1 spiro atoms. The van der Waals surface area contributed by atoms with E-state index >= 15 is 0 Å². The van der Waals surface area contributed by atoms with Crippen LogP contribution in [0.2, 0.25) is 0 Å². The number of hydrogen-bond acceptors (Lipinski definition) is 1. The van der Waals surface area contributed by atoms with Crippen molar-refractivity contribution < 1.29 is 4.79 Å². The lowest BCUT2D eigenvalue weighted by molar-refractivity contribution is -0.129. The predicted molar refractivity (Wildman–Crippen MR) is 86.0 cm³/mol. The van der Waals surface area contributed by atoms with E-state index in [0.29, 0.717) is 17.3 Å². The molecule has 3 bridgehead atoms. The Labute approximate surface area is 131 Å². The van der Waals surface area contributed by atoms with E-state index in [1.807, 2.05) is 0 Å². The molecular formula is C20H23NO. The SMILES string of the molecule is C/C=C1/C2CC3(C(N)=O)CC4(c5ccccc5)CC1C4(C2)C3. The van der Waals surface area contributed by atoms with E-state index in [0.717, 1.165) is 19.3 Å². The molecule has 2 N–H and O–H groups in total. The van der Waals surface area contributed by atoms with Crippen LogP contribution < -0.4 is 5.73 Å². The average molecular weight is 293 g/mol. The topological polar surface area (TPSA) is 43.1 Å². The number of nitrogens with two attached hydrogens (primary N) is 1. The molecule has 2 nitrogen and oxygen atoms in total. The fraction of sp³-hybridized carbons (Fsp3) is 0.550. The summed E-state index contributed by atoms with van der Waals surface area (Å²) < 4.78 is 0. The molecule has 2 heteroatoms. The van der Waals surface area contributed by atoms with E-state index in [-0.39, 0.29) is 16.7 Å². The van der Waals surface area contributed by atoms with Gasteiger partial charge in [0.05, 0.1) is 5.41 Å². The molecule has 1 amide bonds. The Kier molecular flexibility index (Phi) is 2.15. The minimum absolute atomic E-state index is 0.0441. The normalized spacial score (nSPS) is 49.2. The fourth-order valence-corrected chi connectivity index (χ4v) is 7.21. The summed E-state index contributed by atoms with van der Waals surface area (Å²) in [4.78, 5) is 12.4. The van der Waals surface area contributed by atoms with Crippen molar-refractivity contribution in [3.8, 4) is 0 Å². The monoisotopic (exact) mass is 293 g/mol. The molecule has 22 heavy (non-hydrogen) atoms. The Balaban J connectivity index is 1.73. The highest BCUT2D eigenvalue weighted by Gasteiger charge is 2.80. The number of benzene rings is 1. The van der Waals surface area contributed by atoms with Crippen LogP contribution in [-0.2, 0) is 10.2 Å². The first kappa shape index (κ1) is 12.9. The van der Waals surface area contributed by atoms with Crippen molar-refractivity contribution in [2.45, 2.75) is 44.4 Å². The van der Waals surface area contributed by atoms with Crippen LogP contribution in [0.5, 0.6) is 0 Å². The van der Waals surface area contributed by atoms with Gasteiger partial charge in [-0.25, -0.2) is 0 Å². The summed E-state index contributed by atoms with van der Waals surface area (Å²) in [7, 11) is 0. The lowest BCUT2D eigenvalue weighted by Crippen LogP contribution is -2.55. The van der Waals surface area contributed by atoms with Gasteiger partial charge in [0, 0.05) is 5.41 Å². The number of amides is 1. The van der Waals surface area contributed by atoms with E-state index in [1.165, 1.54) is 18.4 Å². The Morgan fingerprint density at radius 3 is 2.64 bits per heavy atom. The van der Waals surface area contributed by atoms with Gasteiger partial charge >= 0.3 is 0 Å². The molecule has 114 valence electrons. The van der Waals surface area contributed by atoms with Gasteiger partial charge in [-0.15, -0.1) is 0 Å². The molecule has 5 atom stereocenters. The molecule has 0 aliphatic heterocycles. The van der Waals surface area contributed by atoms with Gasteiger partial charge in [-0.1, -0.05) is 42.0 Å². The quantitative estimate of drug-likeness (QED) is 0.832. The molecule has 4 saturated carbocycles. The molecule has 5 rings (SSSR count). The zero-order valence-electron chi connectivity index (χ0n) is 13.1. The highest BCUT2D eigenvalue weighted by molar-refractivity contribution is 5.83. The van der Waals surface area contributed by atoms with Crippen LogP contribution in [-0.4, -0.2) is 5.91 Å². The molecule has 0 aromatic heterocycles. The maximum absolute atomic E-state index is 12.4. The van der Waals surface area contributed by atoms with Gasteiger partial charge in [-0.05, 0) is 61.8 Å². The Morgan fingerprint density at radius 2 is 1.95 bits per heavy atom. The third-order valence-electron chi connectivity index (χ3n) is 7.77. The second-order valence-electron chi connectivity index (χ2n) is 8.25. The molecule has 5 unspecified atom stereocenters. The first-order chi connectivity index (χ1) is 10.6. The lowest BCUT2D eigenvalue weighted by Gasteiger charge is -2.59. The number of primary amides is 1. The minimum atomic E-state index is -0.252. The van der Waals surface area contributed by atoms with Gasteiger partial charge in [-0.3, -0.25) is 4.79 Å². The van der Waals surface area contributed by atoms with E-state index in [4.69, 9.17) is 5.73 Å². The zero-order valence-corrected chi connectivity index (χ0v) is 13.1. The van der Waals surface area contributed by atoms with Gasteiger partial charge in [0.25, 0.3) is 0 Å². The first-order valence-electron chi connectivity index (χ1n) is 8.59. The predicted octanol–water partition coefficient (Wildman–Crippen LogP) is 3.57. The van der Waals surface area contributed by atoms with Crippen molar-refractivity contribution in [1.29, 1.82) is 0 Å². The molecule has 1 aromatic rings. The second kappa shape index (κ2) is 3.67. The second-order valence-corrected chi connectivity index (χ2v) is 8.25. The molecule has 0 saturated heterocycles. The number of fused-ring (bicyclic) bond motifs is 2. The van der Waals surface area contributed by atoms with E-state index in [2.05, 4.69) is 43.3 Å². The molecular weight excluding hydrogens is 270 g/mol. The summed E-state index contributed by atoms with van der Waals surface area (Å²) in [6, 6.07) is 11.0. The largest absolute Gasteiger partial charge is 0.369 e. The molecule has 4 aliphatic rings. The van der Waals surface area contributed by atoms with Crippen molar-refractivity contribution in [3.63, 3.8) is 0 Å². The lowest BCUT2D eigenvalue weighted by atomic mass is 9.44. The maximum Gasteiger partial charge on any atom is 0.223 e. The fourth-order valence-electron chi connectivity index (χ4n) is 7.21. The van der Waals surface area contributed by atoms with Crippen molar-refractivity contribution in [1.82, 2.24) is 0 Å². The van der Waals surface area contributed by atoms with E-state index in [9.17, 15) is 4.79 Å². The molecule has 4 fully saturated rings. The van der Waals surface area contributed by atoms with Crippen LogP contribution >= 0.6 is 0 Å². The van der Waals surface area contributed by atoms with Crippen molar-refractivity contribution in [2.24, 2.45) is 28.4 Å². The average Bonchev–Trinajstić information content (AvgIpc) is 2.80. The van der Waals surface area contributed by atoms with Crippen LogP contribution in [0.25, 0.3) is 0 Å². The number of allylic oxidation sites excluding steroid dienone is 2. The summed E-state index contributed by atoms with van der Waals surface area (Å²) in [6.45, 7) is 2.18. The Morgan fingerprint density at radius 1 is 1.18 bits per heavy atom.